The zero-order valence-corrected chi connectivity index (χ0v) is 23.8. The van der Waals surface area contributed by atoms with Crippen LogP contribution < -0.4 is 0 Å². The van der Waals surface area contributed by atoms with Crippen molar-refractivity contribution in [3.05, 3.63) is 35.9 Å². The van der Waals surface area contributed by atoms with Crippen LogP contribution in [0.2, 0.25) is 0 Å². The van der Waals surface area contributed by atoms with Crippen LogP contribution in [0.4, 0.5) is 4.79 Å². The summed E-state index contributed by atoms with van der Waals surface area (Å²) in [6.07, 6.45) is 5.11. The van der Waals surface area contributed by atoms with Gasteiger partial charge in [-0.3, -0.25) is 14.5 Å². The number of imide groups is 1. The highest BCUT2D eigenvalue weighted by Crippen LogP contribution is 2.25. The first-order valence-electron chi connectivity index (χ1n) is 14.0. The molecule has 1 aliphatic heterocycles. The van der Waals surface area contributed by atoms with Crippen LogP contribution in [-0.2, 0) is 25.7 Å². The molecule has 7 heteroatoms. The smallest absolute Gasteiger partial charge is 0.327 e. The maximum absolute atomic E-state index is 13.8. The predicted molar refractivity (Wildman–Crippen MR) is 146 cm³/mol. The molecule has 0 saturated carbocycles. The van der Waals surface area contributed by atoms with Crippen molar-refractivity contribution in [3.63, 3.8) is 0 Å². The highest BCUT2D eigenvalue weighted by Gasteiger charge is 2.38. The minimum absolute atomic E-state index is 0.00862. The van der Waals surface area contributed by atoms with Crippen LogP contribution in [0, 0.1) is 11.8 Å². The van der Waals surface area contributed by atoms with Gasteiger partial charge in [-0.15, -0.1) is 0 Å². The molecule has 7 nitrogen and oxygen atoms in total. The van der Waals surface area contributed by atoms with E-state index in [4.69, 9.17) is 9.47 Å². The van der Waals surface area contributed by atoms with E-state index in [1.807, 2.05) is 65.0 Å². The molecule has 1 aromatic rings. The van der Waals surface area contributed by atoms with Gasteiger partial charge in [0.15, 0.2) is 0 Å². The van der Waals surface area contributed by atoms with Crippen molar-refractivity contribution in [2.24, 2.45) is 11.8 Å². The Morgan fingerprint density at radius 1 is 1.11 bits per heavy atom. The molecule has 1 saturated heterocycles. The Bertz CT molecular complexity index is 849. The molecule has 0 radical (unpaired) electrons. The number of amides is 3. The first kappa shape index (κ1) is 30.8. The van der Waals surface area contributed by atoms with E-state index in [9.17, 15) is 14.4 Å². The molecule has 1 aromatic carbocycles. The molecule has 1 aliphatic rings. The molecule has 0 bridgehead atoms. The van der Waals surface area contributed by atoms with Crippen molar-refractivity contribution in [2.45, 2.75) is 105 Å². The van der Waals surface area contributed by atoms with Crippen molar-refractivity contribution >= 4 is 17.9 Å². The van der Waals surface area contributed by atoms with Gasteiger partial charge in [-0.25, -0.2) is 4.79 Å². The predicted octanol–water partition coefficient (Wildman–Crippen LogP) is 6.20. The first-order chi connectivity index (χ1) is 17.5. The van der Waals surface area contributed by atoms with Crippen LogP contribution >= 0.6 is 0 Å². The number of carbonyl (C=O) groups excluding carboxylic acids is 3. The normalized spacial score (nSPS) is 16.6. The summed E-state index contributed by atoms with van der Waals surface area (Å²) in [7, 11) is 0. The SMILES string of the molecule is CCCCCC(CC(=O)OC(C)(C)C)C(=O)N(CC(C)C)C(=O)N1CCCC1COCc1ccccc1. The number of ether oxygens (including phenoxy) is 2. The third-order valence-corrected chi connectivity index (χ3v) is 6.43. The summed E-state index contributed by atoms with van der Waals surface area (Å²) in [5, 5.41) is 0. The number of likely N-dealkylation sites (tertiary alicyclic amines) is 1. The fraction of sp³-hybridized carbons (Fsp3) is 0.700. The summed E-state index contributed by atoms with van der Waals surface area (Å²) in [6.45, 7) is 13.4. The number of hydrogen-bond acceptors (Lipinski definition) is 5. The van der Waals surface area contributed by atoms with E-state index in [1.165, 1.54) is 4.90 Å². The molecule has 2 unspecified atom stereocenters. The quantitative estimate of drug-likeness (QED) is 0.230. The van der Waals surface area contributed by atoms with Crippen molar-refractivity contribution in [1.82, 2.24) is 9.80 Å². The van der Waals surface area contributed by atoms with E-state index in [1.54, 1.807) is 4.90 Å². The van der Waals surface area contributed by atoms with E-state index >= 15 is 0 Å². The van der Waals surface area contributed by atoms with Crippen LogP contribution in [0.15, 0.2) is 30.3 Å². The second-order valence-corrected chi connectivity index (χ2v) is 11.6. The van der Waals surface area contributed by atoms with Gasteiger partial charge in [0.2, 0.25) is 5.91 Å². The van der Waals surface area contributed by atoms with E-state index in [-0.39, 0.29) is 30.3 Å². The van der Waals surface area contributed by atoms with Gasteiger partial charge in [0.05, 0.1) is 25.7 Å². The number of rotatable bonds is 13. The van der Waals surface area contributed by atoms with Gasteiger partial charge in [-0.05, 0) is 51.5 Å². The molecule has 0 aliphatic carbocycles. The maximum atomic E-state index is 13.8. The van der Waals surface area contributed by atoms with Crippen molar-refractivity contribution in [1.29, 1.82) is 0 Å². The summed E-state index contributed by atoms with van der Waals surface area (Å²) >= 11 is 0. The van der Waals surface area contributed by atoms with Crippen molar-refractivity contribution in [2.75, 3.05) is 19.7 Å². The van der Waals surface area contributed by atoms with Gasteiger partial charge in [0.1, 0.15) is 5.60 Å². The molecule has 208 valence electrons. The Balaban J connectivity index is 2.13. The standard InChI is InChI=1S/C30H48N2O5/c1-7-8-10-16-25(19-27(33)37-30(4,5)6)28(34)32(20-23(2)3)29(35)31-18-13-17-26(31)22-36-21-24-14-11-9-12-15-24/h9,11-12,14-15,23,25-26H,7-8,10,13,16-22H2,1-6H3. The minimum atomic E-state index is -0.621. The molecule has 1 heterocycles. The Labute approximate surface area is 223 Å². The molecule has 0 aromatic heterocycles. The number of nitrogens with zero attached hydrogens (tertiary/aromatic N) is 2. The van der Waals surface area contributed by atoms with Crippen LogP contribution in [0.1, 0.15) is 92.1 Å². The lowest BCUT2D eigenvalue weighted by atomic mass is 9.95. The number of unbranched alkanes of at least 4 members (excludes halogenated alkanes) is 2. The summed E-state index contributed by atoms with van der Waals surface area (Å²) in [5.41, 5.74) is 0.469. The largest absolute Gasteiger partial charge is 0.460 e. The monoisotopic (exact) mass is 516 g/mol. The maximum Gasteiger partial charge on any atom is 0.327 e. The third kappa shape index (κ3) is 10.8. The molecular formula is C30H48N2O5. The lowest BCUT2D eigenvalue weighted by Gasteiger charge is -2.33. The van der Waals surface area contributed by atoms with Crippen LogP contribution in [0.5, 0.6) is 0 Å². The minimum Gasteiger partial charge on any atom is -0.460 e. The van der Waals surface area contributed by atoms with Gasteiger partial charge < -0.3 is 14.4 Å². The van der Waals surface area contributed by atoms with Gasteiger partial charge in [-0.2, -0.15) is 0 Å². The van der Waals surface area contributed by atoms with Gasteiger partial charge >= 0.3 is 12.0 Å². The number of benzene rings is 1. The first-order valence-corrected chi connectivity index (χ1v) is 14.0. The zero-order chi connectivity index (χ0) is 27.4. The molecular weight excluding hydrogens is 468 g/mol. The Morgan fingerprint density at radius 2 is 1.81 bits per heavy atom. The number of urea groups is 1. The van der Waals surface area contributed by atoms with Gasteiger partial charge in [0.25, 0.3) is 0 Å². The molecule has 2 atom stereocenters. The summed E-state index contributed by atoms with van der Waals surface area (Å²) < 4.78 is 11.5. The molecule has 37 heavy (non-hydrogen) atoms. The Morgan fingerprint density at radius 3 is 2.43 bits per heavy atom. The molecule has 2 rings (SSSR count). The summed E-state index contributed by atoms with van der Waals surface area (Å²) in [6, 6.07) is 9.63. The van der Waals surface area contributed by atoms with Crippen molar-refractivity contribution < 1.29 is 23.9 Å². The van der Waals surface area contributed by atoms with Crippen LogP contribution in [0.25, 0.3) is 0 Å². The van der Waals surface area contributed by atoms with Crippen molar-refractivity contribution in [3.8, 4) is 0 Å². The number of carbonyl (C=O) groups is 3. The second-order valence-electron chi connectivity index (χ2n) is 11.6. The lowest BCUT2D eigenvalue weighted by Crippen LogP contribution is -2.52. The fourth-order valence-corrected chi connectivity index (χ4v) is 4.69. The lowest BCUT2D eigenvalue weighted by molar-refractivity contribution is -0.158. The average Bonchev–Trinajstić information content (AvgIpc) is 3.29. The van der Waals surface area contributed by atoms with Crippen LogP contribution in [-0.4, -0.2) is 59.0 Å². The van der Waals surface area contributed by atoms with Gasteiger partial charge in [0, 0.05) is 19.0 Å². The number of esters is 1. The summed E-state index contributed by atoms with van der Waals surface area (Å²) in [4.78, 5) is 43.4. The zero-order valence-electron chi connectivity index (χ0n) is 23.8. The topological polar surface area (TPSA) is 76.2 Å². The molecule has 0 spiro atoms. The Hall–Kier alpha value is -2.41. The van der Waals surface area contributed by atoms with Gasteiger partial charge in [-0.1, -0.05) is 70.4 Å². The van der Waals surface area contributed by atoms with E-state index in [0.29, 0.717) is 32.7 Å². The van der Waals surface area contributed by atoms with E-state index < -0.39 is 17.5 Å². The third-order valence-electron chi connectivity index (χ3n) is 6.43. The fourth-order valence-electron chi connectivity index (χ4n) is 4.69. The number of hydrogen-bond donors (Lipinski definition) is 0. The molecule has 3 amide bonds. The van der Waals surface area contributed by atoms with Crippen LogP contribution in [0.3, 0.4) is 0 Å². The summed E-state index contributed by atoms with van der Waals surface area (Å²) in [5.74, 6) is -1.12. The van der Waals surface area contributed by atoms with E-state index in [2.05, 4.69) is 6.92 Å². The average molecular weight is 517 g/mol. The Kier molecular flexibility index (Phi) is 12.6. The molecule has 1 fully saturated rings. The highest BCUT2D eigenvalue weighted by atomic mass is 16.6. The second kappa shape index (κ2) is 15.1. The molecule has 0 N–H and O–H groups in total. The highest BCUT2D eigenvalue weighted by molar-refractivity contribution is 5.97. The van der Waals surface area contributed by atoms with E-state index in [0.717, 1.165) is 37.7 Å².